The van der Waals surface area contributed by atoms with Crippen molar-refractivity contribution in [3.05, 3.63) is 17.5 Å². The van der Waals surface area contributed by atoms with E-state index in [0.717, 1.165) is 25.9 Å². The van der Waals surface area contributed by atoms with E-state index in [1.807, 2.05) is 39.5 Å². The van der Waals surface area contributed by atoms with Gasteiger partial charge in [-0.25, -0.2) is 14.8 Å². The Kier molecular flexibility index (Phi) is 6.33. The molecule has 3 rings (SSSR count). The van der Waals surface area contributed by atoms with Crippen LogP contribution in [0.5, 0.6) is 0 Å². The predicted molar refractivity (Wildman–Crippen MR) is 111 cm³/mol. The molecule has 2 fully saturated rings. The number of nitrogens with one attached hydrogen (secondary N) is 1. The fourth-order valence-electron chi connectivity index (χ4n) is 4.07. The summed E-state index contributed by atoms with van der Waals surface area (Å²) in [6, 6.07) is 2.01. The molecule has 2 aliphatic rings. The van der Waals surface area contributed by atoms with Gasteiger partial charge >= 0.3 is 6.09 Å². The van der Waals surface area contributed by atoms with E-state index in [9.17, 15) is 9.59 Å². The predicted octanol–water partition coefficient (Wildman–Crippen LogP) is 3.18. The first-order chi connectivity index (χ1) is 13.5. The molecule has 1 aliphatic heterocycles. The molecule has 1 saturated carbocycles. The highest BCUT2D eigenvalue weighted by Crippen LogP contribution is 2.35. The lowest BCUT2D eigenvalue weighted by molar-refractivity contribution is -0.125. The minimum atomic E-state index is -0.504. The molecule has 1 N–H and O–H groups in total. The van der Waals surface area contributed by atoms with Crippen molar-refractivity contribution in [3.63, 3.8) is 0 Å². The van der Waals surface area contributed by atoms with Crippen LogP contribution in [0.1, 0.15) is 47.5 Å². The lowest BCUT2D eigenvalue weighted by Gasteiger charge is -2.50. The molecule has 1 saturated heterocycles. The minimum absolute atomic E-state index is 0.0375. The number of hydrogen-bond acceptors (Lipinski definition) is 6. The average molecular weight is 424 g/mol. The van der Waals surface area contributed by atoms with Crippen LogP contribution in [0.2, 0.25) is 5.15 Å². The third kappa shape index (κ3) is 5.36. The molecule has 2 heterocycles. The number of aromatic nitrogens is 2. The van der Waals surface area contributed by atoms with Gasteiger partial charge in [-0.05, 0) is 47.5 Å². The zero-order valence-corrected chi connectivity index (χ0v) is 18.4. The van der Waals surface area contributed by atoms with Gasteiger partial charge in [0.2, 0.25) is 5.91 Å². The molecule has 0 bridgehead atoms. The summed E-state index contributed by atoms with van der Waals surface area (Å²) in [6.07, 6.45) is 2.67. The number of anilines is 1. The second-order valence-electron chi connectivity index (χ2n) is 9.08. The molecule has 0 spiro atoms. The van der Waals surface area contributed by atoms with Gasteiger partial charge in [0.05, 0.1) is 0 Å². The molecule has 0 aromatic carbocycles. The van der Waals surface area contributed by atoms with Crippen LogP contribution in [0.4, 0.5) is 10.6 Å². The van der Waals surface area contributed by atoms with Gasteiger partial charge in [0, 0.05) is 43.2 Å². The molecule has 8 nitrogen and oxygen atoms in total. The summed E-state index contributed by atoms with van der Waals surface area (Å²) in [5.74, 6) is 0.347. The zero-order valence-electron chi connectivity index (χ0n) is 17.7. The summed E-state index contributed by atoms with van der Waals surface area (Å²) in [6.45, 7) is 11.3. The summed E-state index contributed by atoms with van der Waals surface area (Å²) >= 11 is 5.83. The van der Waals surface area contributed by atoms with Crippen LogP contribution in [0.15, 0.2) is 12.4 Å². The first-order valence-electron chi connectivity index (χ1n) is 10.1. The molecule has 1 aromatic rings. The third-order valence-corrected chi connectivity index (χ3v) is 5.64. The van der Waals surface area contributed by atoms with E-state index in [1.165, 1.54) is 12.4 Å². The van der Waals surface area contributed by atoms with E-state index in [-0.39, 0.29) is 30.0 Å². The van der Waals surface area contributed by atoms with E-state index in [2.05, 4.69) is 20.2 Å². The summed E-state index contributed by atoms with van der Waals surface area (Å²) in [7, 11) is 0. The van der Waals surface area contributed by atoms with Gasteiger partial charge in [-0.1, -0.05) is 11.6 Å². The number of carbonyl (C=O) groups excluding carboxylic acids is 2. The second-order valence-corrected chi connectivity index (χ2v) is 9.46. The monoisotopic (exact) mass is 423 g/mol. The standard InChI is InChI=1S/C20H30ClN5O3/c1-12-9-25(10-13(2)26(12)19(28)29-20(3,4)5)15-6-14(7-15)18(27)24-17-8-16(21)22-11-23-17/h8,11-15H,6-7,9-10H2,1-5H3,(H,22,23,24,27). The molecule has 9 heteroatoms. The molecule has 2 amide bonds. The van der Waals surface area contributed by atoms with E-state index >= 15 is 0 Å². The topological polar surface area (TPSA) is 87.7 Å². The largest absolute Gasteiger partial charge is 0.444 e. The molecule has 2 atom stereocenters. The van der Waals surface area contributed by atoms with Gasteiger partial charge in [0.25, 0.3) is 0 Å². The van der Waals surface area contributed by atoms with E-state index in [4.69, 9.17) is 16.3 Å². The molecule has 2 unspecified atom stereocenters. The van der Waals surface area contributed by atoms with Crippen molar-refractivity contribution >= 4 is 29.4 Å². The van der Waals surface area contributed by atoms with Gasteiger partial charge in [-0.15, -0.1) is 0 Å². The van der Waals surface area contributed by atoms with Gasteiger partial charge < -0.3 is 15.0 Å². The zero-order chi connectivity index (χ0) is 21.3. The Hall–Kier alpha value is -1.93. The minimum Gasteiger partial charge on any atom is -0.444 e. The molecule has 160 valence electrons. The lowest BCUT2D eigenvalue weighted by atomic mass is 9.78. The number of carbonyl (C=O) groups is 2. The Labute approximate surface area is 177 Å². The number of amides is 2. The molecular weight excluding hydrogens is 394 g/mol. The van der Waals surface area contributed by atoms with Crippen molar-refractivity contribution < 1.29 is 14.3 Å². The van der Waals surface area contributed by atoms with Gasteiger partial charge in [-0.3, -0.25) is 9.69 Å². The number of ether oxygens (including phenoxy) is 1. The van der Waals surface area contributed by atoms with Gasteiger partial charge in [-0.2, -0.15) is 0 Å². The lowest BCUT2D eigenvalue weighted by Crippen LogP contribution is -2.63. The Morgan fingerprint density at radius 3 is 2.34 bits per heavy atom. The van der Waals surface area contributed by atoms with Gasteiger partial charge in [0.15, 0.2) is 0 Å². The number of rotatable bonds is 3. The van der Waals surface area contributed by atoms with Crippen molar-refractivity contribution in [2.45, 2.75) is 71.2 Å². The first kappa shape index (κ1) is 21.8. The highest BCUT2D eigenvalue weighted by atomic mass is 35.5. The van der Waals surface area contributed by atoms with E-state index in [1.54, 1.807) is 0 Å². The summed E-state index contributed by atoms with van der Waals surface area (Å²) in [5.41, 5.74) is -0.504. The van der Waals surface area contributed by atoms with Crippen molar-refractivity contribution in [3.8, 4) is 0 Å². The van der Waals surface area contributed by atoms with E-state index < -0.39 is 5.60 Å². The SMILES string of the molecule is CC1CN(C2CC(C(=O)Nc3cc(Cl)ncn3)C2)CC(C)N1C(=O)OC(C)(C)C. The Bertz CT molecular complexity index is 751. The van der Waals surface area contributed by atoms with Crippen LogP contribution in [-0.2, 0) is 9.53 Å². The maximum atomic E-state index is 12.5. The maximum absolute atomic E-state index is 12.5. The van der Waals surface area contributed by atoms with Crippen LogP contribution >= 0.6 is 11.6 Å². The van der Waals surface area contributed by atoms with E-state index in [0.29, 0.717) is 17.0 Å². The fraction of sp³-hybridized carbons (Fsp3) is 0.700. The number of nitrogens with zero attached hydrogens (tertiary/aromatic N) is 4. The third-order valence-electron chi connectivity index (χ3n) is 5.44. The van der Waals surface area contributed by atoms with Crippen LogP contribution < -0.4 is 5.32 Å². The molecule has 0 radical (unpaired) electrons. The van der Waals surface area contributed by atoms with Crippen LogP contribution in [0.3, 0.4) is 0 Å². The Morgan fingerprint density at radius 1 is 1.17 bits per heavy atom. The maximum Gasteiger partial charge on any atom is 0.410 e. The van der Waals surface area contributed by atoms with Crippen molar-refractivity contribution in [1.82, 2.24) is 19.8 Å². The van der Waals surface area contributed by atoms with Crippen LogP contribution in [0.25, 0.3) is 0 Å². The summed E-state index contributed by atoms with van der Waals surface area (Å²) < 4.78 is 5.56. The van der Waals surface area contributed by atoms with Crippen molar-refractivity contribution in [2.75, 3.05) is 18.4 Å². The van der Waals surface area contributed by atoms with Crippen LogP contribution in [-0.4, -0.2) is 68.6 Å². The highest BCUT2D eigenvalue weighted by Gasteiger charge is 2.43. The number of piperazine rings is 1. The van der Waals surface area contributed by atoms with Crippen molar-refractivity contribution in [2.24, 2.45) is 5.92 Å². The number of hydrogen-bond donors (Lipinski definition) is 1. The fourth-order valence-corrected chi connectivity index (χ4v) is 4.21. The average Bonchev–Trinajstić information content (AvgIpc) is 2.50. The summed E-state index contributed by atoms with van der Waals surface area (Å²) in [4.78, 5) is 37.0. The number of halogens is 1. The normalized spacial score (nSPS) is 27.9. The molecule has 29 heavy (non-hydrogen) atoms. The second kappa shape index (κ2) is 8.44. The smallest absolute Gasteiger partial charge is 0.410 e. The van der Waals surface area contributed by atoms with Gasteiger partial charge in [0.1, 0.15) is 22.9 Å². The quantitative estimate of drug-likeness (QED) is 0.751. The Balaban J connectivity index is 1.50. The summed E-state index contributed by atoms with van der Waals surface area (Å²) in [5, 5.41) is 3.11. The molecule has 1 aliphatic carbocycles. The van der Waals surface area contributed by atoms with Crippen LogP contribution in [0, 0.1) is 5.92 Å². The molecular formula is C20H30ClN5O3. The Morgan fingerprint density at radius 2 is 1.79 bits per heavy atom. The highest BCUT2D eigenvalue weighted by molar-refractivity contribution is 6.29. The van der Waals surface area contributed by atoms with Crippen molar-refractivity contribution in [1.29, 1.82) is 0 Å². The first-order valence-corrected chi connectivity index (χ1v) is 10.4. The molecule has 1 aromatic heterocycles.